The zero-order chi connectivity index (χ0) is 16.7. The van der Waals surface area contributed by atoms with Gasteiger partial charge in [-0.1, -0.05) is 31.2 Å². The summed E-state index contributed by atoms with van der Waals surface area (Å²) in [6.45, 7) is 6.66. The number of benzene rings is 2. The van der Waals surface area contributed by atoms with E-state index in [0.29, 0.717) is 17.9 Å². The van der Waals surface area contributed by atoms with Crippen molar-refractivity contribution in [2.45, 2.75) is 6.92 Å². The summed E-state index contributed by atoms with van der Waals surface area (Å²) in [5.41, 5.74) is 2.48. The summed E-state index contributed by atoms with van der Waals surface area (Å²) in [7, 11) is 0. The third-order valence-electron chi connectivity index (χ3n) is 3.59. The number of nitrogens with two attached hydrogens (primary N) is 1. The maximum Gasteiger partial charge on any atom is 0.159 e. The van der Waals surface area contributed by atoms with E-state index >= 15 is 0 Å². The largest absolute Gasteiger partial charge is 0.324 e. The van der Waals surface area contributed by atoms with Crippen LogP contribution < -0.4 is 10.7 Å². The number of amidine groups is 1. The molecule has 0 aliphatic rings. The number of hydrazone groups is 1. The highest BCUT2D eigenvalue weighted by molar-refractivity contribution is 6.09. The highest BCUT2D eigenvalue weighted by atomic mass is 15.3. The molecule has 0 radical (unpaired) electrons. The van der Waals surface area contributed by atoms with Crippen molar-refractivity contribution in [3.05, 3.63) is 78.4 Å². The Morgan fingerprint density at radius 3 is 2.43 bits per heavy atom. The molecule has 0 amide bonds. The summed E-state index contributed by atoms with van der Waals surface area (Å²) in [5, 5.41) is 12.9. The van der Waals surface area contributed by atoms with Crippen LogP contribution in [0.25, 0.3) is 0 Å². The summed E-state index contributed by atoms with van der Waals surface area (Å²) in [6.07, 6.45) is 1.91. The third kappa shape index (κ3) is 3.98. The molecule has 2 aromatic rings. The molecule has 1 unspecified atom stereocenters. The van der Waals surface area contributed by atoms with Crippen molar-refractivity contribution >= 4 is 11.5 Å². The average molecular weight is 304 g/mol. The maximum absolute atomic E-state index is 8.94. The number of rotatable bonds is 5. The molecule has 0 saturated heterocycles. The quantitative estimate of drug-likeness (QED) is 0.302. The molecule has 0 bridgehead atoms. The monoisotopic (exact) mass is 304 g/mol. The van der Waals surface area contributed by atoms with Gasteiger partial charge in [-0.05, 0) is 42.3 Å². The lowest BCUT2D eigenvalue weighted by molar-refractivity contribution is 0.730. The Morgan fingerprint density at radius 2 is 1.91 bits per heavy atom. The first-order valence-corrected chi connectivity index (χ1v) is 7.43. The van der Waals surface area contributed by atoms with E-state index < -0.39 is 0 Å². The molecule has 116 valence electrons. The Hall–Kier alpha value is -3.06. The van der Waals surface area contributed by atoms with Crippen LogP contribution in [0.15, 0.2) is 72.4 Å². The van der Waals surface area contributed by atoms with Crippen molar-refractivity contribution < 1.29 is 0 Å². The van der Waals surface area contributed by atoms with Gasteiger partial charge in [-0.15, -0.1) is 6.58 Å². The Morgan fingerprint density at radius 1 is 1.26 bits per heavy atom. The van der Waals surface area contributed by atoms with E-state index in [9.17, 15) is 0 Å². The first-order chi connectivity index (χ1) is 11.2. The zero-order valence-corrected chi connectivity index (χ0v) is 13.2. The first kappa shape index (κ1) is 16.3. The lowest BCUT2D eigenvalue weighted by atomic mass is 10.1. The topological polar surface area (TPSA) is 65.4 Å². The van der Waals surface area contributed by atoms with Crippen molar-refractivity contribution in [2.75, 3.05) is 11.4 Å². The van der Waals surface area contributed by atoms with Gasteiger partial charge in [0.05, 0.1) is 11.6 Å². The fourth-order valence-corrected chi connectivity index (χ4v) is 2.28. The van der Waals surface area contributed by atoms with Crippen LogP contribution in [0.3, 0.4) is 0 Å². The molecule has 0 aliphatic carbocycles. The van der Waals surface area contributed by atoms with Crippen molar-refractivity contribution in [1.82, 2.24) is 0 Å². The number of nitriles is 1. The zero-order valence-electron chi connectivity index (χ0n) is 13.2. The molecule has 4 nitrogen and oxygen atoms in total. The highest BCUT2D eigenvalue weighted by Crippen LogP contribution is 2.19. The van der Waals surface area contributed by atoms with E-state index in [1.165, 1.54) is 0 Å². The Labute approximate surface area is 137 Å². The van der Waals surface area contributed by atoms with Gasteiger partial charge in [-0.2, -0.15) is 10.4 Å². The van der Waals surface area contributed by atoms with Crippen LogP contribution in [-0.4, -0.2) is 12.4 Å². The van der Waals surface area contributed by atoms with Crippen molar-refractivity contribution in [3.8, 4) is 6.07 Å². The van der Waals surface area contributed by atoms with Gasteiger partial charge in [0, 0.05) is 17.8 Å². The second kappa shape index (κ2) is 7.81. The van der Waals surface area contributed by atoms with Gasteiger partial charge < -0.3 is 10.7 Å². The van der Waals surface area contributed by atoms with Crippen LogP contribution >= 0.6 is 0 Å². The summed E-state index contributed by atoms with van der Waals surface area (Å²) in [4.78, 5) is 2.06. The van der Waals surface area contributed by atoms with Crippen LogP contribution in [0.1, 0.15) is 18.1 Å². The predicted octanol–water partition coefficient (Wildman–Crippen LogP) is 3.51. The van der Waals surface area contributed by atoms with E-state index in [-0.39, 0.29) is 5.92 Å². The highest BCUT2D eigenvalue weighted by Gasteiger charge is 2.17. The van der Waals surface area contributed by atoms with E-state index in [4.69, 9.17) is 11.1 Å². The maximum atomic E-state index is 8.94. The first-order valence-electron chi connectivity index (χ1n) is 7.43. The van der Waals surface area contributed by atoms with Crippen LogP contribution in [-0.2, 0) is 0 Å². The smallest absolute Gasteiger partial charge is 0.159 e. The summed E-state index contributed by atoms with van der Waals surface area (Å²) >= 11 is 0. The van der Waals surface area contributed by atoms with E-state index in [1.54, 1.807) is 12.1 Å². The minimum Gasteiger partial charge on any atom is -0.324 e. The van der Waals surface area contributed by atoms with E-state index in [0.717, 1.165) is 11.3 Å². The lowest BCUT2D eigenvalue weighted by Crippen LogP contribution is -2.36. The second-order valence-corrected chi connectivity index (χ2v) is 5.30. The predicted molar refractivity (Wildman–Crippen MR) is 95.0 cm³/mol. The molecule has 0 aliphatic heterocycles. The average Bonchev–Trinajstić information content (AvgIpc) is 2.62. The van der Waals surface area contributed by atoms with Gasteiger partial charge in [-0.25, -0.2) is 0 Å². The fraction of sp³-hybridized carbons (Fsp3) is 0.158. The number of hydrogen-bond acceptors (Lipinski definition) is 3. The fourth-order valence-electron chi connectivity index (χ4n) is 2.28. The standard InChI is InChI=1S/C19H20N4/c1-3-15(2)14-23(18-7-5-4-6-8-18)19(22-21)17-11-9-16(13-20)10-12-17/h3-12,15H,1,14,21H2,2H3/b22-19-. The molecular weight excluding hydrogens is 284 g/mol. The Bertz CT molecular complexity index is 711. The number of para-hydroxylation sites is 1. The molecule has 0 spiro atoms. The van der Waals surface area contributed by atoms with Crippen LogP contribution in [0.4, 0.5) is 5.69 Å². The van der Waals surface area contributed by atoms with Gasteiger partial charge in [0.2, 0.25) is 0 Å². The molecule has 2 rings (SSSR count). The van der Waals surface area contributed by atoms with E-state index in [1.807, 2.05) is 48.5 Å². The molecule has 2 aromatic carbocycles. The number of anilines is 1. The number of nitrogens with zero attached hydrogens (tertiary/aromatic N) is 3. The Balaban J connectivity index is 2.42. The molecule has 23 heavy (non-hydrogen) atoms. The molecule has 4 heteroatoms. The molecule has 0 fully saturated rings. The summed E-state index contributed by atoms with van der Waals surface area (Å²) in [6, 6.07) is 19.3. The lowest BCUT2D eigenvalue weighted by Gasteiger charge is -2.28. The minimum absolute atomic E-state index is 0.269. The molecular formula is C19H20N4. The SMILES string of the molecule is C=CC(C)CN(/C(=N\N)c1ccc(C#N)cc1)c1ccccc1. The van der Waals surface area contributed by atoms with Gasteiger partial charge in [0.15, 0.2) is 5.84 Å². The van der Waals surface area contributed by atoms with Crippen molar-refractivity contribution in [1.29, 1.82) is 5.26 Å². The van der Waals surface area contributed by atoms with E-state index in [2.05, 4.69) is 29.6 Å². The summed E-state index contributed by atoms with van der Waals surface area (Å²) < 4.78 is 0. The molecule has 1 atom stereocenters. The third-order valence-corrected chi connectivity index (χ3v) is 3.59. The number of hydrogen-bond donors (Lipinski definition) is 1. The van der Waals surface area contributed by atoms with Crippen LogP contribution in [0.2, 0.25) is 0 Å². The van der Waals surface area contributed by atoms with Crippen molar-refractivity contribution in [3.63, 3.8) is 0 Å². The Kier molecular flexibility index (Phi) is 5.54. The van der Waals surface area contributed by atoms with Gasteiger partial charge in [0.25, 0.3) is 0 Å². The molecule has 2 N–H and O–H groups in total. The van der Waals surface area contributed by atoms with Gasteiger partial charge in [0.1, 0.15) is 0 Å². The normalized spacial score (nSPS) is 12.3. The molecule has 0 aromatic heterocycles. The molecule has 0 heterocycles. The molecule has 0 saturated carbocycles. The van der Waals surface area contributed by atoms with Crippen molar-refractivity contribution in [2.24, 2.45) is 16.9 Å². The van der Waals surface area contributed by atoms with Gasteiger partial charge in [-0.3, -0.25) is 0 Å². The van der Waals surface area contributed by atoms with Crippen LogP contribution in [0, 0.1) is 17.2 Å². The minimum atomic E-state index is 0.269. The summed E-state index contributed by atoms with van der Waals surface area (Å²) in [5.74, 6) is 6.62. The van der Waals surface area contributed by atoms with Gasteiger partial charge >= 0.3 is 0 Å². The van der Waals surface area contributed by atoms with Crippen LogP contribution in [0.5, 0.6) is 0 Å². The second-order valence-electron chi connectivity index (χ2n) is 5.30.